The average molecular weight is 307 g/mol. The van der Waals surface area contributed by atoms with E-state index in [1.807, 2.05) is 6.92 Å². The van der Waals surface area contributed by atoms with Crippen molar-refractivity contribution < 1.29 is 14.0 Å². The second-order valence-corrected chi connectivity index (χ2v) is 4.72. The maximum Gasteiger partial charge on any atom is 0.287 e. The number of hydrogen-bond donors (Lipinski definition) is 2. The fourth-order valence-electron chi connectivity index (χ4n) is 1.74. The van der Waals surface area contributed by atoms with Crippen molar-refractivity contribution in [1.29, 1.82) is 0 Å². The van der Waals surface area contributed by atoms with E-state index in [9.17, 15) is 9.59 Å². The summed E-state index contributed by atoms with van der Waals surface area (Å²) in [5.74, 6) is -0.285. The Labute approximate surface area is 127 Å². The van der Waals surface area contributed by atoms with E-state index >= 15 is 0 Å². The first-order valence-corrected chi connectivity index (χ1v) is 6.88. The highest BCUT2D eigenvalue weighted by molar-refractivity contribution is 6.29. The Balaban J connectivity index is 1.92. The Hall–Kier alpha value is -2.27. The molecule has 6 heteroatoms. The highest BCUT2D eigenvalue weighted by atomic mass is 35.5. The second-order valence-electron chi connectivity index (χ2n) is 4.34. The molecule has 2 aromatic rings. The van der Waals surface area contributed by atoms with Crippen LogP contribution < -0.4 is 10.6 Å². The maximum absolute atomic E-state index is 11.8. The zero-order valence-electron chi connectivity index (χ0n) is 11.5. The molecule has 0 saturated carbocycles. The fourth-order valence-corrected chi connectivity index (χ4v) is 1.89. The normalized spacial score (nSPS) is 10.2. The molecule has 0 aliphatic rings. The van der Waals surface area contributed by atoms with Crippen molar-refractivity contribution >= 4 is 23.4 Å². The van der Waals surface area contributed by atoms with Gasteiger partial charge in [0.25, 0.3) is 11.8 Å². The number of benzene rings is 1. The predicted molar refractivity (Wildman–Crippen MR) is 79.3 cm³/mol. The van der Waals surface area contributed by atoms with Gasteiger partial charge in [-0.05, 0) is 48.4 Å². The zero-order valence-corrected chi connectivity index (χ0v) is 12.2. The quantitative estimate of drug-likeness (QED) is 0.892. The lowest BCUT2D eigenvalue weighted by molar-refractivity contribution is 0.0921. The van der Waals surface area contributed by atoms with Crippen LogP contribution in [0.3, 0.4) is 0 Å². The summed E-state index contributed by atoms with van der Waals surface area (Å²) in [5, 5.41) is 5.60. The molecule has 2 amide bonds. The largest absolute Gasteiger partial charge is 0.440 e. The van der Waals surface area contributed by atoms with E-state index in [0.717, 1.165) is 5.56 Å². The van der Waals surface area contributed by atoms with Crippen LogP contribution in [-0.4, -0.2) is 18.4 Å². The Bertz CT molecular complexity index is 635. The fraction of sp³-hybridized carbons (Fsp3) is 0.200. The molecule has 21 heavy (non-hydrogen) atoms. The molecule has 0 aliphatic carbocycles. The number of carbonyl (C=O) groups excluding carboxylic acids is 2. The lowest BCUT2D eigenvalue weighted by Gasteiger charge is -2.05. The van der Waals surface area contributed by atoms with Gasteiger partial charge in [-0.15, -0.1) is 0 Å². The average Bonchev–Trinajstić information content (AvgIpc) is 2.92. The summed E-state index contributed by atoms with van der Waals surface area (Å²) < 4.78 is 5.01. The first kappa shape index (κ1) is 15.1. The van der Waals surface area contributed by atoms with E-state index in [1.165, 1.54) is 12.1 Å². The molecule has 0 radical (unpaired) electrons. The molecule has 0 atom stereocenters. The van der Waals surface area contributed by atoms with Gasteiger partial charge >= 0.3 is 0 Å². The Morgan fingerprint density at radius 1 is 1.05 bits per heavy atom. The summed E-state index contributed by atoms with van der Waals surface area (Å²) in [6.45, 7) is 2.79. The maximum atomic E-state index is 11.8. The highest BCUT2D eigenvalue weighted by Gasteiger charge is 2.10. The van der Waals surface area contributed by atoms with Crippen LogP contribution in [-0.2, 0) is 6.54 Å². The topological polar surface area (TPSA) is 71.3 Å². The molecule has 5 nitrogen and oxygen atoms in total. The summed E-state index contributed by atoms with van der Waals surface area (Å²) >= 11 is 5.61. The number of carbonyl (C=O) groups is 2. The van der Waals surface area contributed by atoms with Crippen molar-refractivity contribution in [1.82, 2.24) is 10.6 Å². The van der Waals surface area contributed by atoms with E-state index in [1.54, 1.807) is 24.3 Å². The van der Waals surface area contributed by atoms with Gasteiger partial charge in [0, 0.05) is 18.7 Å². The van der Waals surface area contributed by atoms with Crippen molar-refractivity contribution in [3.05, 3.63) is 58.5 Å². The molecule has 0 fully saturated rings. The second kappa shape index (κ2) is 6.95. The Kier molecular flexibility index (Phi) is 5.00. The highest BCUT2D eigenvalue weighted by Crippen LogP contribution is 2.13. The standard InChI is InChI=1S/C15H15ClN2O3/c1-2-17-14(19)11-5-3-10(4-6-11)9-18-15(20)12-7-8-13(16)21-12/h3-8H,2,9H2,1H3,(H,17,19)(H,18,20). The first-order valence-electron chi connectivity index (χ1n) is 6.51. The van der Waals surface area contributed by atoms with Gasteiger partial charge in [-0.2, -0.15) is 0 Å². The monoisotopic (exact) mass is 306 g/mol. The Morgan fingerprint density at radius 3 is 2.33 bits per heavy atom. The van der Waals surface area contributed by atoms with Crippen LogP contribution >= 0.6 is 11.6 Å². The first-order chi connectivity index (χ1) is 10.1. The van der Waals surface area contributed by atoms with E-state index in [-0.39, 0.29) is 22.8 Å². The molecule has 110 valence electrons. The van der Waals surface area contributed by atoms with Crippen LogP contribution in [0.2, 0.25) is 5.22 Å². The minimum absolute atomic E-state index is 0.113. The van der Waals surface area contributed by atoms with Crippen molar-refractivity contribution in [2.45, 2.75) is 13.5 Å². The summed E-state index contributed by atoms with van der Waals surface area (Å²) in [7, 11) is 0. The van der Waals surface area contributed by atoms with Crippen LogP contribution in [0.15, 0.2) is 40.8 Å². The molecule has 1 aromatic heterocycles. The van der Waals surface area contributed by atoms with Crippen LogP contribution in [0.5, 0.6) is 0 Å². The van der Waals surface area contributed by atoms with Crippen molar-refractivity contribution in [3.8, 4) is 0 Å². The van der Waals surface area contributed by atoms with Crippen LogP contribution in [0, 0.1) is 0 Å². The smallest absolute Gasteiger partial charge is 0.287 e. The number of hydrogen-bond acceptors (Lipinski definition) is 3. The predicted octanol–water partition coefficient (Wildman–Crippen LogP) is 2.61. The molecule has 0 saturated heterocycles. The summed E-state index contributed by atoms with van der Waals surface area (Å²) in [6, 6.07) is 10.0. The Morgan fingerprint density at radius 2 is 1.76 bits per heavy atom. The molecule has 2 rings (SSSR count). The minimum Gasteiger partial charge on any atom is -0.440 e. The lowest BCUT2D eigenvalue weighted by atomic mass is 10.1. The summed E-state index contributed by atoms with van der Waals surface area (Å²) in [5.41, 5.74) is 1.47. The van der Waals surface area contributed by atoms with Gasteiger partial charge in [0.15, 0.2) is 11.0 Å². The third kappa shape index (κ3) is 4.10. The minimum atomic E-state index is -0.338. The van der Waals surface area contributed by atoms with Crippen molar-refractivity contribution in [3.63, 3.8) is 0 Å². The van der Waals surface area contributed by atoms with Gasteiger partial charge in [0.05, 0.1) is 0 Å². The number of furan rings is 1. The van der Waals surface area contributed by atoms with Crippen molar-refractivity contribution in [2.24, 2.45) is 0 Å². The molecule has 0 unspecified atom stereocenters. The number of nitrogens with one attached hydrogen (secondary N) is 2. The zero-order chi connectivity index (χ0) is 15.2. The number of halogens is 1. The molecule has 2 N–H and O–H groups in total. The van der Waals surface area contributed by atoms with E-state index < -0.39 is 0 Å². The van der Waals surface area contributed by atoms with E-state index in [2.05, 4.69) is 10.6 Å². The van der Waals surface area contributed by atoms with Gasteiger partial charge < -0.3 is 15.1 Å². The van der Waals surface area contributed by atoms with Gasteiger partial charge in [-0.1, -0.05) is 12.1 Å². The van der Waals surface area contributed by atoms with Crippen LogP contribution in [0.25, 0.3) is 0 Å². The molecule has 1 heterocycles. The van der Waals surface area contributed by atoms with Gasteiger partial charge in [-0.25, -0.2) is 0 Å². The lowest BCUT2D eigenvalue weighted by Crippen LogP contribution is -2.23. The molecule has 0 aliphatic heterocycles. The SMILES string of the molecule is CCNC(=O)c1ccc(CNC(=O)c2ccc(Cl)o2)cc1. The summed E-state index contributed by atoms with van der Waals surface area (Å²) in [6.07, 6.45) is 0. The van der Waals surface area contributed by atoms with Crippen LogP contribution in [0.1, 0.15) is 33.4 Å². The van der Waals surface area contributed by atoms with E-state index in [0.29, 0.717) is 18.7 Å². The van der Waals surface area contributed by atoms with Gasteiger partial charge in [0.2, 0.25) is 0 Å². The van der Waals surface area contributed by atoms with E-state index in [4.69, 9.17) is 16.0 Å². The summed E-state index contributed by atoms with van der Waals surface area (Å²) in [4.78, 5) is 23.4. The molecular weight excluding hydrogens is 292 g/mol. The van der Waals surface area contributed by atoms with Crippen molar-refractivity contribution in [2.75, 3.05) is 6.54 Å². The molecular formula is C15H15ClN2O3. The van der Waals surface area contributed by atoms with Gasteiger partial charge in [0.1, 0.15) is 0 Å². The molecule has 1 aromatic carbocycles. The third-order valence-electron chi connectivity index (χ3n) is 2.80. The van der Waals surface area contributed by atoms with Crippen LogP contribution in [0.4, 0.5) is 0 Å². The third-order valence-corrected chi connectivity index (χ3v) is 3.01. The number of amides is 2. The molecule has 0 spiro atoms. The molecule has 0 bridgehead atoms. The number of rotatable bonds is 5. The van der Waals surface area contributed by atoms with Gasteiger partial charge in [-0.3, -0.25) is 9.59 Å².